The molecule has 0 amide bonds. The Morgan fingerprint density at radius 1 is 1.35 bits per heavy atom. The molecule has 0 saturated carbocycles. The molecule has 0 bridgehead atoms. The molecule has 1 aromatic carbocycles. The maximum absolute atomic E-state index is 5.52. The van der Waals surface area contributed by atoms with Crippen LogP contribution in [0.5, 0.6) is 5.75 Å². The Kier molecular flexibility index (Phi) is 5.64. The van der Waals surface area contributed by atoms with Gasteiger partial charge in [0.15, 0.2) is 0 Å². The quantitative estimate of drug-likeness (QED) is 0.795. The van der Waals surface area contributed by atoms with Gasteiger partial charge in [-0.1, -0.05) is 25.1 Å². The van der Waals surface area contributed by atoms with Gasteiger partial charge in [-0.25, -0.2) is 0 Å². The van der Waals surface area contributed by atoms with E-state index in [1.54, 1.807) is 7.11 Å². The number of thiophene rings is 1. The van der Waals surface area contributed by atoms with Crippen molar-refractivity contribution in [2.24, 2.45) is 0 Å². The third-order valence-electron chi connectivity index (χ3n) is 3.15. The summed E-state index contributed by atoms with van der Waals surface area (Å²) in [6, 6.07) is 10.6. The minimum Gasteiger partial charge on any atom is -0.496 e. The van der Waals surface area contributed by atoms with Crippen molar-refractivity contribution < 1.29 is 4.74 Å². The Labute approximate surface area is 133 Å². The molecule has 1 aromatic heterocycles. The van der Waals surface area contributed by atoms with Crippen molar-refractivity contribution in [2.45, 2.75) is 26.3 Å². The van der Waals surface area contributed by atoms with Crippen LogP contribution in [0.1, 0.15) is 34.7 Å². The lowest BCUT2D eigenvalue weighted by Gasteiger charge is -2.20. The number of nitrogens with one attached hydrogen (secondary N) is 1. The van der Waals surface area contributed by atoms with Crippen LogP contribution in [-0.4, -0.2) is 13.7 Å². The summed E-state index contributed by atoms with van der Waals surface area (Å²) >= 11 is 5.51. The van der Waals surface area contributed by atoms with Crippen molar-refractivity contribution in [1.29, 1.82) is 0 Å². The average molecular weight is 354 g/mol. The standard InChI is InChI=1S/C16H20BrNOS/c1-4-9-18-15(16-13(17)10-11(2)20-16)12-7-5-6-8-14(12)19-3/h5-8,10,15,18H,4,9H2,1-3H3. The van der Waals surface area contributed by atoms with Gasteiger partial charge >= 0.3 is 0 Å². The van der Waals surface area contributed by atoms with E-state index < -0.39 is 0 Å². The number of aryl methyl sites for hydroxylation is 1. The lowest BCUT2D eigenvalue weighted by molar-refractivity contribution is 0.404. The van der Waals surface area contributed by atoms with Crippen LogP contribution in [0.3, 0.4) is 0 Å². The summed E-state index contributed by atoms with van der Waals surface area (Å²) in [5.74, 6) is 0.930. The largest absolute Gasteiger partial charge is 0.496 e. The summed E-state index contributed by atoms with van der Waals surface area (Å²) in [5.41, 5.74) is 1.19. The van der Waals surface area contributed by atoms with Gasteiger partial charge in [-0.2, -0.15) is 0 Å². The first-order chi connectivity index (χ1) is 9.67. The Morgan fingerprint density at radius 2 is 2.10 bits per heavy atom. The fourth-order valence-corrected chi connectivity index (χ4v) is 4.21. The first-order valence-electron chi connectivity index (χ1n) is 6.79. The van der Waals surface area contributed by atoms with Gasteiger partial charge in [0.1, 0.15) is 5.75 Å². The number of rotatable bonds is 6. The summed E-state index contributed by atoms with van der Waals surface area (Å²) in [6.07, 6.45) is 1.10. The molecule has 0 fully saturated rings. The highest BCUT2D eigenvalue weighted by atomic mass is 79.9. The molecule has 0 spiro atoms. The van der Waals surface area contributed by atoms with E-state index >= 15 is 0 Å². The molecule has 0 aliphatic carbocycles. The smallest absolute Gasteiger partial charge is 0.124 e. The first-order valence-corrected chi connectivity index (χ1v) is 8.40. The Bertz CT molecular complexity index is 567. The molecular weight excluding hydrogens is 334 g/mol. The number of benzene rings is 1. The molecule has 1 heterocycles. The molecule has 1 atom stereocenters. The van der Waals surface area contributed by atoms with Crippen molar-refractivity contribution in [3.8, 4) is 5.75 Å². The van der Waals surface area contributed by atoms with Gasteiger partial charge in [0, 0.05) is 19.8 Å². The van der Waals surface area contributed by atoms with E-state index in [0.717, 1.165) is 18.7 Å². The lowest BCUT2D eigenvalue weighted by Crippen LogP contribution is -2.23. The van der Waals surface area contributed by atoms with Crippen LogP contribution >= 0.6 is 27.3 Å². The maximum atomic E-state index is 5.52. The van der Waals surface area contributed by atoms with E-state index in [2.05, 4.69) is 53.3 Å². The Morgan fingerprint density at radius 3 is 2.70 bits per heavy atom. The topological polar surface area (TPSA) is 21.3 Å². The zero-order valence-electron chi connectivity index (χ0n) is 12.1. The molecule has 0 saturated heterocycles. The van der Waals surface area contributed by atoms with Gasteiger partial charge in [0.25, 0.3) is 0 Å². The molecule has 0 radical (unpaired) electrons. The number of hydrogen-bond acceptors (Lipinski definition) is 3. The Balaban J connectivity index is 2.44. The van der Waals surface area contributed by atoms with Crippen LogP contribution in [0, 0.1) is 6.92 Å². The molecule has 0 aliphatic rings. The maximum Gasteiger partial charge on any atom is 0.124 e. The number of ether oxygens (including phenoxy) is 1. The van der Waals surface area contributed by atoms with Crippen LogP contribution in [-0.2, 0) is 0 Å². The average Bonchev–Trinajstić information content (AvgIpc) is 2.79. The number of para-hydroxylation sites is 1. The van der Waals surface area contributed by atoms with Crippen LogP contribution in [0.15, 0.2) is 34.8 Å². The molecule has 2 aromatic rings. The highest BCUT2D eigenvalue weighted by molar-refractivity contribution is 9.10. The monoisotopic (exact) mass is 353 g/mol. The summed E-state index contributed by atoms with van der Waals surface area (Å²) in [4.78, 5) is 2.62. The third-order valence-corrected chi connectivity index (χ3v) is 5.18. The van der Waals surface area contributed by atoms with Gasteiger partial charge in [-0.15, -0.1) is 11.3 Å². The predicted octanol–water partition coefficient (Wildman–Crippen LogP) is 4.92. The van der Waals surface area contributed by atoms with E-state index in [-0.39, 0.29) is 6.04 Å². The van der Waals surface area contributed by atoms with Crippen LogP contribution in [0.25, 0.3) is 0 Å². The second-order valence-corrected chi connectivity index (χ2v) is 6.84. The second kappa shape index (κ2) is 7.25. The molecule has 0 aliphatic heterocycles. The van der Waals surface area contributed by atoms with E-state index in [1.807, 2.05) is 23.5 Å². The predicted molar refractivity (Wildman–Crippen MR) is 89.9 cm³/mol. The van der Waals surface area contributed by atoms with Gasteiger partial charge in [-0.3, -0.25) is 0 Å². The minimum atomic E-state index is 0.166. The van der Waals surface area contributed by atoms with Gasteiger partial charge in [-0.05, 0) is 48.0 Å². The zero-order chi connectivity index (χ0) is 14.5. The number of halogens is 1. The summed E-state index contributed by atoms with van der Waals surface area (Å²) in [5, 5.41) is 3.63. The Hall–Kier alpha value is -0.840. The molecule has 1 N–H and O–H groups in total. The second-order valence-electron chi connectivity index (χ2n) is 4.70. The van der Waals surface area contributed by atoms with Gasteiger partial charge in [0.05, 0.1) is 13.2 Å². The van der Waals surface area contributed by atoms with E-state index in [1.165, 1.54) is 19.8 Å². The highest BCUT2D eigenvalue weighted by Crippen LogP contribution is 2.38. The van der Waals surface area contributed by atoms with E-state index in [4.69, 9.17) is 4.74 Å². The summed E-state index contributed by atoms with van der Waals surface area (Å²) in [6.45, 7) is 5.30. The highest BCUT2D eigenvalue weighted by Gasteiger charge is 2.21. The van der Waals surface area contributed by atoms with Gasteiger partial charge < -0.3 is 10.1 Å². The van der Waals surface area contributed by atoms with E-state index in [0.29, 0.717) is 0 Å². The molecule has 2 nitrogen and oxygen atoms in total. The molecule has 20 heavy (non-hydrogen) atoms. The van der Waals surface area contributed by atoms with Crippen LogP contribution in [0.4, 0.5) is 0 Å². The van der Waals surface area contributed by atoms with Crippen LogP contribution < -0.4 is 10.1 Å². The summed E-state index contributed by atoms with van der Waals surface area (Å²) in [7, 11) is 1.73. The van der Waals surface area contributed by atoms with Gasteiger partial charge in [0.2, 0.25) is 0 Å². The summed E-state index contributed by atoms with van der Waals surface area (Å²) < 4.78 is 6.69. The zero-order valence-corrected chi connectivity index (χ0v) is 14.5. The van der Waals surface area contributed by atoms with Crippen molar-refractivity contribution in [3.05, 3.63) is 50.1 Å². The van der Waals surface area contributed by atoms with Crippen molar-refractivity contribution in [3.63, 3.8) is 0 Å². The fourth-order valence-electron chi connectivity index (χ4n) is 2.24. The molecule has 108 valence electrons. The van der Waals surface area contributed by atoms with Crippen LogP contribution in [0.2, 0.25) is 0 Å². The number of methoxy groups -OCH3 is 1. The fraction of sp³-hybridized carbons (Fsp3) is 0.375. The third kappa shape index (κ3) is 3.43. The molecular formula is C16H20BrNOS. The normalized spacial score (nSPS) is 12.4. The molecule has 4 heteroatoms. The van der Waals surface area contributed by atoms with Crippen molar-refractivity contribution >= 4 is 27.3 Å². The van der Waals surface area contributed by atoms with Crippen molar-refractivity contribution in [1.82, 2.24) is 5.32 Å². The SMILES string of the molecule is CCCNC(c1ccccc1OC)c1sc(C)cc1Br. The van der Waals surface area contributed by atoms with Crippen molar-refractivity contribution in [2.75, 3.05) is 13.7 Å². The minimum absolute atomic E-state index is 0.166. The first kappa shape index (κ1) is 15.5. The molecule has 1 unspecified atom stereocenters. The lowest BCUT2D eigenvalue weighted by atomic mass is 10.0. The molecule has 2 rings (SSSR count). The van der Waals surface area contributed by atoms with E-state index in [9.17, 15) is 0 Å². The number of hydrogen-bond donors (Lipinski definition) is 1.